The standard InChI is InChI=1S/C13H17N3O/c1-16(13(17)3-2-8-14)10-12-6-4-11(9-15)5-7-12/h4-7H,2-3,8,10,14H2,1H3. The summed E-state index contributed by atoms with van der Waals surface area (Å²) in [6.07, 6.45) is 1.21. The van der Waals surface area contributed by atoms with E-state index in [-0.39, 0.29) is 5.91 Å². The molecule has 0 heterocycles. The largest absolute Gasteiger partial charge is 0.341 e. The average molecular weight is 231 g/mol. The third kappa shape index (κ3) is 4.25. The second-order valence-electron chi connectivity index (χ2n) is 3.95. The van der Waals surface area contributed by atoms with Crippen LogP contribution in [-0.2, 0) is 11.3 Å². The van der Waals surface area contributed by atoms with Gasteiger partial charge in [-0.05, 0) is 30.7 Å². The van der Waals surface area contributed by atoms with Gasteiger partial charge in [0.05, 0.1) is 11.6 Å². The molecular weight excluding hydrogens is 214 g/mol. The van der Waals surface area contributed by atoms with Crippen LogP contribution in [0.2, 0.25) is 0 Å². The van der Waals surface area contributed by atoms with Gasteiger partial charge < -0.3 is 10.6 Å². The van der Waals surface area contributed by atoms with Gasteiger partial charge in [-0.2, -0.15) is 5.26 Å². The van der Waals surface area contributed by atoms with Crippen molar-refractivity contribution < 1.29 is 4.79 Å². The highest BCUT2D eigenvalue weighted by Gasteiger charge is 2.08. The Kier molecular flexibility index (Phi) is 5.18. The van der Waals surface area contributed by atoms with Gasteiger partial charge in [-0.25, -0.2) is 0 Å². The Hall–Kier alpha value is -1.86. The van der Waals surface area contributed by atoms with E-state index in [1.54, 1.807) is 24.1 Å². The lowest BCUT2D eigenvalue weighted by Gasteiger charge is -2.17. The van der Waals surface area contributed by atoms with Gasteiger partial charge in [-0.1, -0.05) is 12.1 Å². The lowest BCUT2D eigenvalue weighted by atomic mass is 10.1. The first kappa shape index (κ1) is 13.2. The van der Waals surface area contributed by atoms with E-state index in [9.17, 15) is 4.79 Å². The van der Waals surface area contributed by atoms with Crippen LogP contribution < -0.4 is 5.73 Å². The molecule has 90 valence electrons. The first-order chi connectivity index (χ1) is 8.17. The number of amides is 1. The molecular formula is C13H17N3O. The fourth-order valence-electron chi connectivity index (χ4n) is 1.49. The Bertz CT molecular complexity index is 406. The summed E-state index contributed by atoms with van der Waals surface area (Å²) in [5.74, 6) is 0.0970. The molecule has 0 aliphatic carbocycles. The summed E-state index contributed by atoms with van der Waals surface area (Å²) in [6.45, 7) is 1.10. The smallest absolute Gasteiger partial charge is 0.222 e. The molecule has 0 saturated heterocycles. The molecule has 0 spiro atoms. The van der Waals surface area contributed by atoms with Crippen LogP contribution in [0.4, 0.5) is 0 Å². The first-order valence-electron chi connectivity index (χ1n) is 5.60. The highest BCUT2D eigenvalue weighted by molar-refractivity contribution is 5.75. The molecule has 0 aliphatic rings. The maximum absolute atomic E-state index is 11.6. The highest BCUT2D eigenvalue weighted by Crippen LogP contribution is 2.07. The Morgan fingerprint density at radius 2 is 2.06 bits per heavy atom. The minimum atomic E-state index is 0.0970. The van der Waals surface area contributed by atoms with Crippen molar-refractivity contribution >= 4 is 5.91 Å². The van der Waals surface area contributed by atoms with E-state index in [1.807, 2.05) is 12.1 Å². The minimum absolute atomic E-state index is 0.0970. The van der Waals surface area contributed by atoms with E-state index in [0.29, 0.717) is 25.1 Å². The first-order valence-corrected chi connectivity index (χ1v) is 5.60. The Morgan fingerprint density at radius 3 is 2.59 bits per heavy atom. The van der Waals surface area contributed by atoms with E-state index in [2.05, 4.69) is 6.07 Å². The van der Waals surface area contributed by atoms with Crippen LogP contribution in [-0.4, -0.2) is 24.4 Å². The molecule has 0 atom stereocenters. The summed E-state index contributed by atoms with van der Waals surface area (Å²) in [4.78, 5) is 13.3. The lowest BCUT2D eigenvalue weighted by molar-refractivity contribution is -0.130. The van der Waals surface area contributed by atoms with Crippen LogP contribution in [0.15, 0.2) is 24.3 Å². The maximum Gasteiger partial charge on any atom is 0.222 e. The van der Waals surface area contributed by atoms with Crippen molar-refractivity contribution in [1.82, 2.24) is 4.90 Å². The predicted octanol–water partition coefficient (Wildman–Crippen LogP) is 1.26. The van der Waals surface area contributed by atoms with Crippen molar-refractivity contribution in [3.63, 3.8) is 0 Å². The van der Waals surface area contributed by atoms with Crippen molar-refractivity contribution in [1.29, 1.82) is 5.26 Å². The van der Waals surface area contributed by atoms with Crippen LogP contribution in [0.25, 0.3) is 0 Å². The lowest BCUT2D eigenvalue weighted by Crippen LogP contribution is -2.26. The molecule has 0 aliphatic heterocycles. The number of benzene rings is 1. The molecule has 1 amide bonds. The Morgan fingerprint density at radius 1 is 1.41 bits per heavy atom. The Labute approximate surface area is 102 Å². The normalized spacial score (nSPS) is 9.71. The summed E-state index contributed by atoms with van der Waals surface area (Å²) in [6, 6.07) is 9.31. The van der Waals surface area contributed by atoms with E-state index in [1.165, 1.54) is 0 Å². The van der Waals surface area contributed by atoms with Crippen molar-refractivity contribution in [2.24, 2.45) is 5.73 Å². The summed E-state index contributed by atoms with van der Waals surface area (Å²) in [5.41, 5.74) is 7.01. The fraction of sp³-hybridized carbons (Fsp3) is 0.385. The summed E-state index contributed by atoms with van der Waals surface area (Å²) >= 11 is 0. The van der Waals surface area contributed by atoms with E-state index >= 15 is 0 Å². The minimum Gasteiger partial charge on any atom is -0.341 e. The molecule has 0 bridgehead atoms. The zero-order valence-electron chi connectivity index (χ0n) is 10.0. The third-order valence-electron chi connectivity index (χ3n) is 2.52. The van der Waals surface area contributed by atoms with Gasteiger partial charge in [0, 0.05) is 20.0 Å². The molecule has 2 N–H and O–H groups in total. The zero-order valence-corrected chi connectivity index (χ0v) is 10.0. The van der Waals surface area contributed by atoms with Gasteiger partial charge in [0.1, 0.15) is 0 Å². The number of nitriles is 1. The molecule has 1 aromatic carbocycles. The number of carbonyl (C=O) groups is 1. The van der Waals surface area contributed by atoms with Gasteiger partial charge in [-0.15, -0.1) is 0 Å². The monoisotopic (exact) mass is 231 g/mol. The van der Waals surface area contributed by atoms with Crippen LogP contribution in [0.3, 0.4) is 0 Å². The summed E-state index contributed by atoms with van der Waals surface area (Å²) in [5, 5.41) is 8.67. The van der Waals surface area contributed by atoms with Gasteiger partial charge in [0.15, 0.2) is 0 Å². The van der Waals surface area contributed by atoms with Crippen molar-refractivity contribution in [3.05, 3.63) is 35.4 Å². The van der Waals surface area contributed by atoms with Crippen LogP contribution in [0.1, 0.15) is 24.0 Å². The van der Waals surface area contributed by atoms with Gasteiger partial charge in [0.25, 0.3) is 0 Å². The summed E-state index contributed by atoms with van der Waals surface area (Å²) in [7, 11) is 1.77. The highest BCUT2D eigenvalue weighted by atomic mass is 16.2. The second kappa shape index (κ2) is 6.66. The molecule has 0 unspecified atom stereocenters. The molecule has 4 heteroatoms. The van der Waals surface area contributed by atoms with Gasteiger partial charge >= 0.3 is 0 Å². The number of hydrogen-bond donors (Lipinski definition) is 1. The van der Waals surface area contributed by atoms with E-state index in [4.69, 9.17) is 11.0 Å². The van der Waals surface area contributed by atoms with Gasteiger partial charge in [-0.3, -0.25) is 4.79 Å². The third-order valence-corrected chi connectivity index (χ3v) is 2.52. The molecule has 0 fully saturated rings. The zero-order chi connectivity index (χ0) is 12.7. The topological polar surface area (TPSA) is 70.1 Å². The fourth-order valence-corrected chi connectivity index (χ4v) is 1.49. The number of nitrogens with zero attached hydrogens (tertiary/aromatic N) is 2. The van der Waals surface area contributed by atoms with Crippen LogP contribution >= 0.6 is 0 Å². The number of rotatable bonds is 5. The Balaban J connectivity index is 2.52. The maximum atomic E-state index is 11.6. The molecule has 0 saturated carbocycles. The summed E-state index contributed by atoms with van der Waals surface area (Å²) < 4.78 is 0. The molecule has 0 radical (unpaired) electrons. The number of hydrogen-bond acceptors (Lipinski definition) is 3. The second-order valence-corrected chi connectivity index (χ2v) is 3.95. The van der Waals surface area contributed by atoms with Gasteiger partial charge in [0.2, 0.25) is 5.91 Å². The van der Waals surface area contributed by atoms with Crippen molar-refractivity contribution in [3.8, 4) is 6.07 Å². The van der Waals surface area contributed by atoms with Crippen molar-refractivity contribution in [2.75, 3.05) is 13.6 Å². The molecule has 4 nitrogen and oxygen atoms in total. The van der Waals surface area contributed by atoms with Crippen LogP contribution in [0, 0.1) is 11.3 Å². The molecule has 1 aromatic rings. The quantitative estimate of drug-likeness (QED) is 0.829. The van der Waals surface area contributed by atoms with E-state index in [0.717, 1.165) is 12.0 Å². The average Bonchev–Trinajstić information content (AvgIpc) is 2.36. The predicted molar refractivity (Wildman–Crippen MR) is 65.9 cm³/mol. The molecule has 17 heavy (non-hydrogen) atoms. The number of nitrogens with two attached hydrogens (primary N) is 1. The van der Waals surface area contributed by atoms with E-state index < -0.39 is 0 Å². The number of carbonyl (C=O) groups excluding carboxylic acids is 1. The van der Waals surface area contributed by atoms with Crippen molar-refractivity contribution in [2.45, 2.75) is 19.4 Å². The van der Waals surface area contributed by atoms with Crippen LogP contribution in [0.5, 0.6) is 0 Å². The SMILES string of the molecule is CN(Cc1ccc(C#N)cc1)C(=O)CCCN. The molecule has 0 aromatic heterocycles. The molecule has 1 rings (SSSR count).